The molecule has 1 aliphatic rings. The van der Waals surface area contributed by atoms with Crippen molar-refractivity contribution in [2.24, 2.45) is 5.73 Å². The summed E-state index contributed by atoms with van der Waals surface area (Å²) >= 11 is 5.97. The molecule has 5 heteroatoms. The molecule has 0 bridgehead atoms. The number of benzene rings is 2. The van der Waals surface area contributed by atoms with E-state index in [9.17, 15) is 9.18 Å². The lowest BCUT2D eigenvalue weighted by atomic mass is 9.88. The molecule has 0 saturated carbocycles. The van der Waals surface area contributed by atoms with Crippen molar-refractivity contribution in [3.05, 3.63) is 64.9 Å². The fourth-order valence-electron chi connectivity index (χ4n) is 2.45. The first kappa shape index (κ1) is 13.1. The molecule has 2 N–H and O–H groups in total. The summed E-state index contributed by atoms with van der Waals surface area (Å²) in [5.41, 5.74) is 7.39. The molecule has 0 unspecified atom stereocenters. The zero-order valence-corrected chi connectivity index (χ0v) is 11.2. The number of nitrogens with two attached hydrogens (primary N) is 1. The van der Waals surface area contributed by atoms with Crippen LogP contribution in [0.5, 0.6) is 0 Å². The van der Waals surface area contributed by atoms with E-state index < -0.39 is 6.04 Å². The Morgan fingerprint density at radius 3 is 2.50 bits per heavy atom. The standard InChI is InChI=1S/C15H12ClFN2O/c16-10-3-1-2-9(8-10)14-13(18)15(20)19(14)12-6-4-11(17)5-7-12/h1-8,13-14H,18H2/t13-,14+/m1/s1. The molecule has 1 saturated heterocycles. The number of anilines is 1. The zero-order valence-electron chi connectivity index (χ0n) is 10.5. The predicted molar refractivity (Wildman–Crippen MR) is 76.1 cm³/mol. The summed E-state index contributed by atoms with van der Waals surface area (Å²) in [6, 6.07) is 12.1. The summed E-state index contributed by atoms with van der Waals surface area (Å²) in [5.74, 6) is -0.521. The van der Waals surface area contributed by atoms with Gasteiger partial charge in [0.15, 0.2) is 0 Å². The van der Waals surface area contributed by atoms with Crippen LogP contribution in [0.25, 0.3) is 0 Å². The zero-order chi connectivity index (χ0) is 14.3. The van der Waals surface area contributed by atoms with Crippen molar-refractivity contribution in [3.8, 4) is 0 Å². The van der Waals surface area contributed by atoms with Crippen molar-refractivity contribution in [2.45, 2.75) is 12.1 Å². The van der Waals surface area contributed by atoms with E-state index in [-0.39, 0.29) is 17.8 Å². The van der Waals surface area contributed by atoms with Gasteiger partial charge in [-0.2, -0.15) is 0 Å². The second-order valence-electron chi connectivity index (χ2n) is 4.71. The van der Waals surface area contributed by atoms with Crippen LogP contribution in [0, 0.1) is 5.82 Å². The van der Waals surface area contributed by atoms with Gasteiger partial charge in [-0.25, -0.2) is 4.39 Å². The van der Waals surface area contributed by atoms with E-state index in [2.05, 4.69) is 0 Å². The van der Waals surface area contributed by atoms with E-state index >= 15 is 0 Å². The van der Waals surface area contributed by atoms with Crippen molar-refractivity contribution in [1.29, 1.82) is 0 Å². The quantitative estimate of drug-likeness (QED) is 0.865. The number of amides is 1. The van der Waals surface area contributed by atoms with Crippen LogP contribution in [0.15, 0.2) is 48.5 Å². The lowest BCUT2D eigenvalue weighted by molar-refractivity contribution is -0.126. The Labute approximate surface area is 120 Å². The van der Waals surface area contributed by atoms with Gasteiger partial charge in [0, 0.05) is 10.7 Å². The van der Waals surface area contributed by atoms with Crippen LogP contribution in [-0.4, -0.2) is 11.9 Å². The molecule has 102 valence electrons. The molecule has 0 aliphatic carbocycles. The van der Waals surface area contributed by atoms with Crippen LogP contribution >= 0.6 is 11.6 Å². The van der Waals surface area contributed by atoms with Crippen molar-refractivity contribution < 1.29 is 9.18 Å². The third-order valence-electron chi connectivity index (χ3n) is 3.44. The highest BCUT2D eigenvalue weighted by molar-refractivity contribution is 6.30. The smallest absolute Gasteiger partial charge is 0.247 e. The van der Waals surface area contributed by atoms with Gasteiger partial charge >= 0.3 is 0 Å². The van der Waals surface area contributed by atoms with Crippen molar-refractivity contribution in [3.63, 3.8) is 0 Å². The summed E-state index contributed by atoms with van der Waals surface area (Å²) < 4.78 is 13.0. The SMILES string of the molecule is N[C@H]1C(=O)N(c2ccc(F)cc2)[C@H]1c1cccc(Cl)c1. The molecular formula is C15H12ClFN2O. The predicted octanol–water partition coefficient (Wildman–Crippen LogP) is 2.89. The van der Waals surface area contributed by atoms with E-state index in [1.165, 1.54) is 12.1 Å². The molecule has 3 rings (SSSR count). The summed E-state index contributed by atoms with van der Waals surface area (Å²) in [4.78, 5) is 13.6. The van der Waals surface area contributed by atoms with Gasteiger partial charge in [-0.1, -0.05) is 23.7 Å². The number of rotatable bonds is 2. The Morgan fingerprint density at radius 1 is 1.15 bits per heavy atom. The highest BCUT2D eigenvalue weighted by atomic mass is 35.5. The minimum absolute atomic E-state index is 0.179. The molecule has 3 nitrogen and oxygen atoms in total. The number of hydrogen-bond donors (Lipinski definition) is 1. The van der Waals surface area contributed by atoms with Gasteiger partial charge in [0.1, 0.15) is 11.9 Å². The molecule has 1 amide bonds. The van der Waals surface area contributed by atoms with E-state index in [1.807, 2.05) is 12.1 Å². The van der Waals surface area contributed by atoms with Gasteiger partial charge in [0.2, 0.25) is 5.91 Å². The third kappa shape index (κ3) is 2.07. The Balaban J connectivity index is 1.97. The van der Waals surface area contributed by atoms with Gasteiger partial charge in [-0.15, -0.1) is 0 Å². The summed E-state index contributed by atoms with van der Waals surface area (Å²) in [6.07, 6.45) is 0. The summed E-state index contributed by atoms with van der Waals surface area (Å²) in [6.45, 7) is 0. The van der Waals surface area contributed by atoms with Gasteiger partial charge < -0.3 is 10.6 Å². The van der Waals surface area contributed by atoms with Crippen LogP contribution in [0.2, 0.25) is 5.02 Å². The fraction of sp³-hybridized carbons (Fsp3) is 0.133. The van der Waals surface area contributed by atoms with E-state index in [1.54, 1.807) is 29.2 Å². The molecule has 1 heterocycles. The molecule has 2 atom stereocenters. The highest BCUT2D eigenvalue weighted by Crippen LogP contribution is 2.38. The van der Waals surface area contributed by atoms with Gasteiger partial charge in [0.05, 0.1) is 6.04 Å². The largest absolute Gasteiger partial charge is 0.318 e. The topological polar surface area (TPSA) is 46.3 Å². The number of hydrogen-bond acceptors (Lipinski definition) is 2. The number of halogens is 2. The number of β-lactam (4-membered cyclic amide) rings is 1. The average Bonchev–Trinajstić information content (AvgIpc) is 2.45. The lowest BCUT2D eigenvalue weighted by Crippen LogP contribution is -2.63. The minimum atomic E-state index is -0.599. The van der Waals surface area contributed by atoms with Crippen LogP contribution in [0.4, 0.5) is 10.1 Å². The van der Waals surface area contributed by atoms with Gasteiger partial charge in [-0.3, -0.25) is 4.79 Å². The van der Waals surface area contributed by atoms with Gasteiger partial charge in [0.25, 0.3) is 0 Å². The van der Waals surface area contributed by atoms with E-state index in [0.717, 1.165) is 5.56 Å². The highest BCUT2D eigenvalue weighted by Gasteiger charge is 2.46. The van der Waals surface area contributed by atoms with E-state index in [4.69, 9.17) is 17.3 Å². The first-order chi connectivity index (χ1) is 9.58. The molecule has 0 radical (unpaired) electrons. The molecule has 0 spiro atoms. The molecule has 2 aromatic carbocycles. The van der Waals surface area contributed by atoms with Crippen LogP contribution in [-0.2, 0) is 4.79 Å². The van der Waals surface area contributed by atoms with Crippen molar-refractivity contribution in [1.82, 2.24) is 0 Å². The van der Waals surface area contributed by atoms with E-state index in [0.29, 0.717) is 10.7 Å². The van der Waals surface area contributed by atoms with Crippen LogP contribution < -0.4 is 10.6 Å². The summed E-state index contributed by atoms with van der Waals surface area (Å²) in [7, 11) is 0. The van der Waals surface area contributed by atoms with Crippen molar-refractivity contribution >= 4 is 23.2 Å². The van der Waals surface area contributed by atoms with Crippen LogP contribution in [0.3, 0.4) is 0 Å². The second-order valence-corrected chi connectivity index (χ2v) is 5.15. The number of nitrogens with zero attached hydrogens (tertiary/aromatic N) is 1. The first-order valence-electron chi connectivity index (χ1n) is 6.17. The van der Waals surface area contributed by atoms with Crippen molar-refractivity contribution in [2.75, 3.05) is 4.90 Å². The fourth-order valence-corrected chi connectivity index (χ4v) is 2.65. The summed E-state index contributed by atoms with van der Waals surface area (Å²) in [5, 5.41) is 0.591. The molecule has 1 aliphatic heterocycles. The Bertz CT molecular complexity index is 659. The molecule has 20 heavy (non-hydrogen) atoms. The molecular weight excluding hydrogens is 279 g/mol. The molecule has 0 aromatic heterocycles. The minimum Gasteiger partial charge on any atom is -0.318 e. The maximum Gasteiger partial charge on any atom is 0.247 e. The maximum atomic E-state index is 13.0. The normalized spacial score (nSPS) is 21.8. The third-order valence-corrected chi connectivity index (χ3v) is 3.67. The Morgan fingerprint density at radius 2 is 1.85 bits per heavy atom. The Hall–Kier alpha value is -1.91. The first-order valence-corrected chi connectivity index (χ1v) is 6.55. The lowest BCUT2D eigenvalue weighted by Gasteiger charge is -2.45. The van der Waals surface area contributed by atoms with Gasteiger partial charge in [-0.05, 0) is 42.0 Å². The number of carbonyl (C=O) groups is 1. The average molecular weight is 291 g/mol. The molecule has 2 aromatic rings. The van der Waals surface area contributed by atoms with Crippen LogP contribution in [0.1, 0.15) is 11.6 Å². The maximum absolute atomic E-state index is 13.0. The molecule has 1 fully saturated rings. The Kier molecular flexibility index (Phi) is 3.20. The second kappa shape index (κ2) is 4.89. The monoisotopic (exact) mass is 290 g/mol. The number of carbonyl (C=O) groups excluding carboxylic acids is 1.